The van der Waals surface area contributed by atoms with Crippen LogP contribution in [0.15, 0.2) is 77.3 Å². The second-order valence-corrected chi connectivity index (χ2v) is 9.01. The summed E-state index contributed by atoms with van der Waals surface area (Å²) in [4.78, 5) is 13.7. The van der Waals surface area contributed by atoms with E-state index >= 15 is 0 Å². The van der Waals surface area contributed by atoms with Gasteiger partial charge in [-0.3, -0.25) is 9.80 Å². The molecule has 6 nitrogen and oxygen atoms in total. The maximum absolute atomic E-state index is 13.7. The number of rotatable bonds is 3. The highest BCUT2D eigenvalue weighted by Crippen LogP contribution is 2.48. The summed E-state index contributed by atoms with van der Waals surface area (Å²) in [6, 6.07) is 19.8. The number of carbonyl (C=O) groups excluding carboxylic acids is 1. The summed E-state index contributed by atoms with van der Waals surface area (Å²) in [6.45, 7) is 2.43. The van der Waals surface area contributed by atoms with E-state index in [1.54, 1.807) is 6.07 Å². The third-order valence-electron chi connectivity index (χ3n) is 6.66. The minimum absolute atomic E-state index is 0.0496. The first-order chi connectivity index (χ1) is 16.1. The Kier molecular flexibility index (Phi) is 5.94. The molecular formula is C26H25ClN4O2. The van der Waals surface area contributed by atoms with Gasteiger partial charge in [-0.2, -0.15) is 5.26 Å². The minimum Gasteiger partial charge on any atom is -0.383 e. The van der Waals surface area contributed by atoms with Crippen molar-refractivity contribution in [1.82, 2.24) is 10.0 Å². The molecule has 2 aliphatic heterocycles. The third-order valence-corrected chi connectivity index (χ3v) is 6.90. The molecule has 2 atom stereocenters. The van der Waals surface area contributed by atoms with Gasteiger partial charge in [-0.25, -0.2) is 5.01 Å². The molecule has 0 spiro atoms. The van der Waals surface area contributed by atoms with Crippen LogP contribution in [0.5, 0.6) is 0 Å². The monoisotopic (exact) mass is 460 g/mol. The van der Waals surface area contributed by atoms with Crippen molar-refractivity contribution in [2.45, 2.75) is 24.7 Å². The van der Waals surface area contributed by atoms with Crippen molar-refractivity contribution in [1.29, 1.82) is 5.26 Å². The molecule has 2 heterocycles. The van der Waals surface area contributed by atoms with Gasteiger partial charge in [-0.05, 0) is 35.6 Å². The highest BCUT2D eigenvalue weighted by Gasteiger charge is 2.44. The van der Waals surface area contributed by atoms with E-state index in [4.69, 9.17) is 22.1 Å². The number of nitriles is 1. The van der Waals surface area contributed by atoms with Gasteiger partial charge in [0.2, 0.25) is 0 Å². The van der Waals surface area contributed by atoms with Crippen LogP contribution in [0, 0.1) is 11.3 Å². The fraction of sp³-hybridized carbons (Fsp3) is 0.308. The van der Waals surface area contributed by atoms with Gasteiger partial charge in [0, 0.05) is 35.8 Å². The summed E-state index contributed by atoms with van der Waals surface area (Å²) < 4.78 is 5.54. The smallest absolute Gasteiger partial charge is 0.162 e. The lowest BCUT2D eigenvalue weighted by Crippen LogP contribution is -2.52. The highest BCUT2D eigenvalue weighted by molar-refractivity contribution is 6.30. The summed E-state index contributed by atoms with van der Waals surface area (Å²) in [5, 5.41) is 14.7. The molecule has 1 saturated heterocycles. The zero-order valence-corrected chi connectivity index (χ0v) is 19.0. The SMILES string of the molecule is N#CC1=C(N)N(N2CCOCC2)C2=C(C(=O)C[C@@H](c3ccccc3)C2)[C@@H]1c1cccc(Cl)c1. The number of benzene rings is 2. The molecule has 0 radical (unpaired) electrons. The van der Waals surface area contributed by atoms with Crippen LogP contribution in [0.2, 0.25) is 5.02 Å². The number of hydrogen-bond acceptors (Lipinski definition) is 6. The second-order valence-electron chi connectivity index (χ2n) is 8.58. The zero-order valence-electron chi connectivity index (χ0n) is 18.2. The number of hydrogen-bond donors (Lipinski definition) is 1. The van der Waals surface area contributed by atoms with Gasteiger partial charge < -0.3 is 10.5 Å². The molecule has 33 heavy (non-hydrogen) atoms. The zero-order chi connectivity index (χ0) is 22.9. The first-order valence-corrected chi connectivity index (χ1v) is 11.6. The van der Waals surface area contributed by atoms with Crippen molar-refractivity contribution in [3.63, 3.8) is 0 Å². The lowest BCUT2D eigenvalue weighted by molar-refractivity contribution is -0.117. The molecule has 3 aliphatic rings. The number of carbonyl (C=O) groups is 1. The summed E-state index contributed by atoms with van der Waals surface area (Å²) >= 11 is 6.29. The minimum atomic E-state index is -0.523. The molecule has 7 heteroatoms. The van der Waals surface area contributed by atoms with Crippen LogP contribution < -0.4 is 5.73 Å². The fourth-order valence-electron chi connectivity index (χ4n) is 5.17. The van der Waals surface area contributed by atoms with Crippen molar-refractivity contribution in [2.24, 2.45) is 5.73 Å². The number of hydrazine groups is 1. The van der Waals surface area contributed by atoms with Crippen LogP contribution in [0.1, 0.15) is 35.8 Å². The highest BCUT2D eigenvalue weighted by atomic mass is 35.5. The summed E-state index contributed by atoms with van der Waals surface area (Å²) in [7, 11) is 0. The number of nitrogens with zero attached hydrogens (tertiary/aromatic N) is 3. The Morgan fingerprint density at radius 1 is 1.03 bits per heavy atom. The van der Waals surface area contributed by atoms with Gasteiger partial charge >= 0.3 is 0 Å². The summed E-state index contributed by atoms with van der Waals surface area (Å²) in [5.74, 6) is -0.0409. The van der Waals surface area contributed by atoms with Crippen molar-refractivity contribution in [3.05, 3.63) is 93.4 Å². The summed E-state index contributed by atoms with van der Waals surface area (Å²) in [6.07, 6.45) is 1.06. The number of Topliss-reactive ketones (excluding diaryl/α,β-unsaturated/α-hetero) is 1. The Hall–Kier alpha value is -3.11. The Labute approximate surface area is 198 Å². The Balaban J connectivity index is 1.67. The second kappa shape index (κ2) is 9.03. The number of ether oxygens (including phenoxy) is 1. The topological polar surface area (TPSA) is 82.6 Å². The molecule has 0 unspecified atom stereocenters. The van der Waals surface area contributed by atoms with Crippen LogP contribution in [0.25, 0.3) is 0 Å². The standard InChI is InChI=1S/C26H25ClN4O2/c27-20-8-4-7-18(13-20)24-21(16-28)26(29)31(30-9-11-33-12-10-30)22-14-19(15-23(32)25(22)24)17-5-2-1-3-6-17/h1-8,13,19,24H,9-12,14-15,29H2/t19-,24+/m0/s1. The van der Waals surface area contributed by atoms with Crippen molar-refractivity contribution in [2.75, 3.05) is 26.3 Å². The first-order valence-electron chi connectivity index (χ1n) is 11.2. The van der Waals surface area contributed by atoms with E-state index in [-0.39, 0.29) is 11.7 Å². The lowest BCUT2D eigenvalue weighted by atomic mass is 9.72. The molecule has 2 aromatic carbocycles. The third kappa shape index (κ3) is 3.93. The van der Waals surface area contributed by atoms with Gasteiger partial charge in [0.25, 0.3) is 0 Å². The molecule has 0 aromatic heterocycles. The maximum atomic E-state index is 13.7. The number of nitrogens with two attached hydrogens (primary N) is 1. The average molecular weight is 461 g/mol. The fourth-order valence-corrected chi connectivity index (χ4v) is 5.37. The predicted octanol–water partition coefficient (Wildman–Crippen LogP) is 4.08. The number of halogens is 1. The number of morpholine rings is 1. The van der Waals surface area contributed by atoms with Crippen LogP contribution in [-0.4, -0.2) is 42.1 Å². The largest absolute Gasteiger partial charge is 0.383 e. The van der Waals surface area contributed by atoms with E-state index in [1.165, 1.54) is 0 Å². The molecule has 2 aromatic rings. The molecule has 168 valence electrons. The van der Waals surface area contributed by atoms with Gasteiger partial charge in [-0.15, -0.1) is 0 Å². The molecule has 1 aliphatic carbocycles. The van der Waals surface area contributed by atoms with Gasteiger partial charge in [0.05, 0.1) is 30.8 Å². The van der Waals surface area contributed by atoms with E-state index in [9.17, 15) is 10.1 Å². The van der Waals surface area contributed by atoms with Gasteiger partial charge in [0.15, 0.2) is 5.78 Å². The van der Waals surface area contributed by atoms with Crippen molar-refractivity contribution in [3.8, 4) is 6.07 Å². The number of ketones is 1. The molecule has 0 bridgehead atoms. The van der Waals surface area contributed by atoms with Gasteiger partial charge in [-0.1, -0.05) is 54.1 Å². The quantitative estimate of drug-likeness (QED) is 0.743. The van der Waals surface area contributed by atoms with E-state index in [2.05, 4.69) is 23.2 Å². The van der Waals surface area contributed by atoms with Crippen molar-refractivity contribution < 1.29 is 9.53 Å². The molecule has 2 N–H and O–H groups in total. The predicted molar refractivity (Wildman–Crippen MR) is 126 cm³/mol. The van der Waals surface area contributed by atoms with Crippen LogP contribution >= 0.6 is 11.6 Å². The van der Waals surface area contributed by atoms with Crippen LogP contribution in [0.3, 0.4) is 0 Å². The van der Waals surface area contributed by atoms with E-state index in [0.717, 1.165) is 16.8 Å². The maximum Gasteiger partial charge on any atom is 0.162 e. The molecule has 0 saturated carbocycles. The number of allylic oxidation sites excluding steroid dienone is 3. The molecule has 0 amide bonds. The lowest BCUT2D eigenvalue weighted by Gasteiger charge is -2.47. The average Bonchev–Trinajstić information content (AvgIpc) is 2.84. The first kappa shape index (κ1) is 21.7. The Bertz CT molecular complexity index is 1180. The van der Waals surface area contributed by atoms with E-state index in [0.29, 0.717) is 61.1 Å². The van der Waals surface area contributed by atoms with Crippen LogP contribution in [0.4, 0.5) is 0 Å². The Morgan fingerprint density at radius 2 is 1.76 bits per heavy atom. The van der Waals surface area contributed by atoms with Crippen molar-refractivity contribution >= 4 is 17.4 Å². The van der Waals surface area contributed by atoms with E-state index in [1.807, 2.05) is 41.4 Å². The summed E-state index contributed by atoms with van der Waals surface area (Å²) in [5.41, 5.74) is 10.5. The van der Waals surface area contributed by atoms with Gasteiger partial charge in [0.1, 0.15) is 5.82 Å². The molecular weight excluding hydrogens is 436 g/mol. The van der Waals surface area contributed by atoms with Crippen LogP contribution in [-0.2, 0) is 9.53 Å². The van der Waals surface area contributed by atoms with E-state index < -0.39 is 5.92 Å². The Morgan fingerprint density at radius 3 is 2.45 bits per heavy atom. The normalized spacial score (nSPS) is 24.0. The molecule has 5 rings (SSSR count). The molecule has 1 fully saturated rings.